The number of carbonyl (C=O) groups is 1. The van der Waals surface area contributed by atoms with E-state index in [0.717, 1.165) is 17.8 Å². The van der Waals surface area contributed by atoms with Gasteiger partial charge in [-0.25, -0.2) is 4.99 Å². The number of thioether (sulfide) groups is 1. The monoisotopic (exact) mass is 406 g/mol. The average molecular weight is 406 g/mol. The van der Waals surface area contributed by atoms with Crippen LogP contribution in [0.1, 0.15) is 17.5 Å². The first-order valence-corrected chi connectivity index (χ1v) is 9.35. The molecule has 1 aliphatic rings. The highest BCUT2D eigenvalue weighted by molar-refractivity contribution is 8.13. The first kappa shape index (κ1) is 20.0. The van der Waals surface area contributed by atoms with Gasteiger partial charge in [0.2, 0.25) is 0 Å². The van der Waals surface area contributed by atoms with Crippen LogP contribution < -0.4 is 5.32 Å². The zero-order chi connectivity index (χ0) is 20.1. The molecule has 0 bridgehead atoms. The molecule has 4 nitrogen and oxygen atoms in total. The first-order valence-electron chi connectivity index (χ1n) is 8.36. The van der Waals surface area contributed by atoms with Gasteiger partial charge in [0.05, 0.1) is 35.5 Å². The van der Waals surface area contributed by atoms with Crippen LogP contribution in [-0.2, 0) is 21.5 Å². The van der Waals surface area contributed by atoms with Gasteiger partial charge in [-0.15, -0.1) is 11.8 Å². The van der Waals surface area contributed by atoms with Crippen LogP contribution in [0.4, 0.5) is 24.5 Å². The van der Waals surface area contributed by atoms with Crippen LogP contribution in [0.25, 0.3) is 0 Å². The highest BCUT2D eigenvalue weighted by Crippen LogP contribution is 2.33. The summed E-state index contributed by atoms with van der Waals surface area (Å²) in [6.45, 7) is 0. The molecule has 0 atom stereocenters. The second-order valence-electron chi connectivity index (χ2n) is 6.00. The van der Waals surface area contributed by atoms with Gasteiger partial charge in [0.1, 0.15) is 0 Å². The molecule has 146 valence electrons. The van der Waals surface area contributed by atoms with Crippen LogP contribution >= 0.6 is 11.8 Å². The minimum absolute atomic E-state index is 0.0357. The standard InChI is InChI=1S/C20H17F3N2O2S/c1-27-19(26)11-15-10-18(25-17-8-3-2-7-16(17)24-15)28-12-13-5-4-6-14(9-13)20(21,22)23/h2-10,24H,11-12H2,1H3. The van der Waals surface area contributed by atoms with E-state index in [1.165, 1.54) is 24.9 Å². The zero-order valence-electron chi connectivity index (χ0n) is 14.9. The number of ether oxygens (including phenoxy) is 1. The normalized spacial score (nSPS) is 13.6. The average Bonchev–Trinajstić information content (AvgIpc) is 2.84. The Labute approximate surface area is 164 Å². The molecule has 0 aliphatic carbocycles. The molecule has 0 unspecified atom stereocenters. The minimum atomic E-state index is -4.38. The Morgan fingerprint density at radius 1 is 1.18 bits per heavy atom. The number of fused-ring (bicyclic) bond motifs is 1. The van der Waals surface area contributed by atoms with Gasteiger partial charge in [-0.05, 0) is 29.8 Å². The third-order valence-electron chi connectivity index (χ3n) is 3.93. The molecular formula is C20H17F3N2O2S. The summed E-state index contributed by atoms with van der Waals surface area (Å²) in [6, 6.07) is 12.6. The lowest BCUT2D eigenvalue weighted by molar-refractivity contribution is -0.140. The Hall–Kier alpha value is -2.74. The smallest absolute Gasteiger partial charge is 0.416 e. The van der Waals surface area contributed by atoms with Crippen molar-refractivity contribution in [1.82, 2.24) is 0 Å². The van der Waals surface area contributed by atoms with E-state index >= 15 is 0 Å². The number of rotatable bonds is 4. The van der Waals surface area contributed by atoms with Crippen molar-refractivity contribution in [3.63, 3.8) is 0 Å². The molecule has 3 rings (SSSR count). The predicted octanol–water partition coefficient (Wildman–Crippen LogP) is 5.54. The highest BCUT2D eigenvalue weighted by Gasteiger charge is 2.30. The van der Waals surface area contributed by atoms with Crippen molar-refractivity contribution in [1.29, 1.82) is 0 Å². The quantitative estimate of drug-likeness (QED) is 0.677. The van der Waals surface area contributed by atoms with Crippen molar-refractivity contribution in [2.24, 2.45) is 4.99 Å². The zero-order valence-corrected chi connectivity index (χ0v) is 15.7. The predicted molar refractivity (Wildman–Crippen MR) is 105 cm³/mol. The molecule has 0 amide bonds. The van der Waals surface area contributed by atoms with Crippen molar-refractivity contribution in [3.05, 3.63) is 71.4 Å². The van der Waals surface area contributed by atoms with Crippen molar-refractivity contribution >= 4 is 34.1 Å². The summed E-state index contributed by atoms with van der Waals surface area (Å²) < 4.78 is 43.4. The van der Waals surface area contributed by atoms with Gasteiger partial charge in [0.15, 0.2) is 0 Å². The topological polar surface area (TPSA) is 50.7 Å². The summed E-state index contributed by atoms with van der Waals surface area (Å²) in [5, 5.41) is 3.76. The second-order valence-corrected chi connectivity index (χ2v) is 7.00. The maximum absolute atomic E-state index is 12.9. The Kier molecular flexibility index (Phi) is 6.08. The summed E-state index contributed by atoms with van der Waals surface area (Å²) in [5.74, 6) is -0.0900. The fraction of sp³-hybridized carbons (Fsp3) is 0.200. The number of carbonyl (C=O) groups excluding carboxylic acids is 1. The lowest BCUT2D eigenvalue weighted by atomic mass is 10.1. The van der Waals surface area contributed by atoms with E-state index in [1.54, 1.807) is 12.1 Å². The van der Waals surface area contributed by atoms with Gasteiger partial charge < -0.3 is 10.1 Å². The number of anilines is 1. The van der Waals surface area contributed by atoms with E-state index in [-0.39, 0.29) is 6.42 Å². The van der Waals surface area contributed by atoms with Gasteiger partial charge in [-0.2, -0.15) is 13.2 Å². The highest BCUT2D eigenvalue weighted by atomic mass is 32.2. The molecule has 0 radical (unpaired) electrons. The molecule has 1 aliphatic heterocycles. The van der Waals surface area contributed by atoms with Crippen LogP contribution in [0, 0.1) is 0 Å². The van der Waals surface area contributed by atoms with Crippen molar-refractivity contribution in [3.8, 4) is 0 Å². The van der Waals surface area contributed by atoms with Crippen LogP contribution in [-0.4, -0.2) is 18.1 Å². The summed E-state index contributed by atoms with van der Waals surface area (Å²) in [5.41, 5.74) is 1.89. The summed E-state index contributed by atoms with van der Waals surface area (Å²) in [4.78, 5) is 16.2. The Morgan fingerprint density at radius 3 is 2.71 bits per heavy atom. The molecule has 0 fully saturated rings. The Balaban J connectivity index is 1.83. The summed E-state index contributed by atoms with van der Waals surface area (Å²) in [7, 11) is 1.31. The van der Waals surface area contributed by atoms with Gasteiger partial charge in [0, 0.05) is 11.4 Å². The summed E-state index contributed by atoms with van der Waals surface area (Å²) in [6.07, 6.45) is -2.62. The largest absolute Gasteiger partial charge is 0.469 e. The number of para-hydroxylation sites is 2. The fourth-order valence-corrected chi connectivity index (χ4v) is 3.46. The van der Waals surface area contributed by atoms with Crippen LogP contribution in [0.3, 0.4) is 0 Å². The SMILES string of the molecule is COC(=O)CC1=CC(SCc2cccc(C(F)(F)F)c2)=Nc2ccccc2N1. The number of methoxy groups -OCH3 is 1. The third-order valence-corrected chi connectivity index (χ3v) is 4.91. The third kappa shape index (κ3) is 5.16. The maximum Gasteiger partial charge on any atom is 0.416 e. The Morgan fingerprint density at radius 2 is 1.96 bits per heavy atom. The molecular weight excluding hydrogens is 389 g/mol. The number of benzene rings is 2. The molecule has 0 saturated heterocycles. The van der Waals surface area contributed by atoms with Crippen LogP contribution in [0.15, 0.2) is 65.3 Å². The van der Waals surface area contributed by atoms with E-state index < -0.39 is 17.7 Å². The van der Waals surface area contributed by atoms with Crippen molar-refractivity contribution in [2.45, 2.75) is 18.3 Å². The van der Waals surface area contributed by atoms with Crippen LogP contribution in [0.2, 0.25) is 0 Å². The number of alkyl halides is 3. The van der Waals surface area contributed by atoms with E-state index in [0.29, 0.717) is 27.7 Å². The molecule has 28 heavy (non-hydrogen) atoms. The van der Waals surface area contributed by atoms with E-state index in [1.807, 2.05) is 24.3 Å². The number of hydrogen-bond acceptors (Lipinski definition) is 5. The van der Waals surface area contributed by atoms with E-state index in [2.05, 4.69) is 10.3 Å². The first-order chi connectivity index (χ1) is 13.3. The maximum atomic E-state index is 12.9. The lowest BCUT2D eigenvalue weighted by Gasteiger charge is -2.09. The molecule has 8 heteroatoms. The number of nitrogens with one attached hydrogen (secondary N) is 1. The molecule has 0 saturated carbocycles. The number of esters is 1. The minimum Gasteiger partial charge on any atom is -0.469 e. The van der Waals surface area contributed by atoms with E-state index in [4.69, 9.17) is 4.74 Å². The number of aliphatic imine (C=N–C) groups is 1. The molecule has 1 N–H and O–H groups in total. The lowest BCUT2D eigenvalue weighted by Crippen LogP contribution is -2.08. The molecule has 1 heterocycles. The second kappa shape index (κ2) is 8.52. The number of halogens is 3. The molecule has 2 aromatic rings. The molecule has 0 aromatic heterocycles. The Bertz CT molecular complexity index is 939. The van der Waals surface area contributed by atoms with Gasteiger partial charge in [-0.3, -0.25) is 4.79 Å². The van der Waals surface area contributed by atoms with Gasteiger partial charge in [0.25, 0.3) is 0 Å². The van der Waals surface area contributed by atoms with Gasteiger partial charge in [-0.1, -0.05) is 30.3 Å². The molecule has 2 aromatic carbocycles. The number of nitrogens with zero attached hydrogens (tertiary/aromatic N) is 1. The fourth-order valence-electron chi connectivity index (χ4n) is 2.58. The van der Waals surface area contributed by atoms with E-state index in [9.17, 15) is 18.0 Å². The van der Waals surface area contributed by atoms with Crippen molar-refractivity contribution < 1.29 is 22.7 Å². The number of hydrogen-bond donors (Lipinski definition) is 1. The summed E-state index contributed by atoms with van der Waals surface area (Å²) >= 11 is 1.30. The van der Waals surface area contributed by atoms with Crippen molar-refractivity contribution in [2.75, 3.05) is 12.4 Å². The van der Waals surface area contributed by atoms with Crippen LogP contribution in [0.5, 0.6) is 0 Å². The molecule has 0 spiro atoms. The van der Waals surface area contributed by atoms with Gasteiger partial charge >= 0.3 is 12.1 Å².